The van der Waals surface area contributed by atoms with Crippen molar-refractivity contribution in [1.82, 2.24) is 9.80 Å². The number of hydrogen-bond donors (Lipinski definition) is 0. The van der Waals surface area contributed by atoms with Gasteiger partial charge in [-0.2, -0.15) is 0 Å². The van der Waals surface area contributed by atoms with Crippen LogP contribution in [0.3, 0.4) is 0 Å². The minimum Gasteiger partial charge on any atom is -0.368 e. The maximum atomic E-state index is 13.3. The molecule has 198 valence electrons. The minimum absolute atomic E-state index is 0.0381. The highest BCUT2D eigenvalue weighted by atomic mass is 16.2. The first-order valence-corrected chi connectivity index (χ1v) is 13.3. The zero-order valence-electron chi connectivity index (χ0n) is 22.5. The van der Waals surface area contributed by atoms with E-state index in [0.717, 1.165) is 41.3 Å². The van der Waals surface area contributed by atoms with Crippen LogP contribution in [0.5, 0.6) is 0 Å². The third-order valence-corrected chi connectivity index (χ3v) is 7.11. The number of anilines is 3. The fraction of sp³-hybridized carbons (Fsp3) is 0.212. The minimum atomic E-state index is -0.0381. The van der Waals surface area contributed by atoms with Crippen molar-refractivity contribution in [3.63, 3.8) is 0 Å². The molecule has 0 saturated carbocycles. The fourth-order valence-electron chi connectivity index (χ4n) is 4.98. The number of rotatable bonds is 7. The molecule has 0 N–H and O–H groups in total. The van der Waals surface area contributed by atoms with E-state index in [-0.39, 0.29) is 11.8 Å². The lowest BCUT2D eigenvalue weighted by molar-refractivity contribution is 0.0746. The van der Waals surface area contributed by atoms with Crippen LogP contribution in [0, 0.1) is 0 Å². The second kappa shape index (κ2) is 11.9. The zero-order chi connectivity index (χ0) is 27.2. The predicted octanol–water partition coefficient (Wildman–Crippen LogP) is 5.69. The van der Waals surface area contributed by atoms with Crippen molar-refractivity contribution < 1.29 is 9.59 Å². The van der Waals surface area contributed by atoms with E-state index in [1.54, 1.807) is 19.0 Å². The van der Waals surface area contributed by atoms with Crippen molar-refractivity contribution in [2.24, 2.45) is 0 Å². The lowest BCUT2D eigenvalue weighted by Gasteiger charge is -2.37. The number of piperazine rings is 1. The van der Waals surface area contributed by atoms with E-state index in [4.69, 9.17) is 0 Å². The number of benzene rings is 4. The molecule has 0 atom stereocenters. The molecule has 0 bridgehead atoms. The molecule has 1 aliphatic rings. The Morgan fingerprint density at radius 2 is 1.31 bits per heavy atom. The van der Waals surface area contributed by atoms with Crippen LogP contribution in [-0.2, 0) is 6.54 Å². The van der Waals surface area contributed by atoms with Gasteiger partial charge in [-0.15, -0.1) is 0 Å². The largest absolute Gasteiger partial charge is 0.368 e. The summed E-state index contributed by atoms with van der Waals surface area (Å²) in [5, 5.41) is 0. The summed E-state index contributed by atoms with van der Waals surface area (Å²) in [6.45, 7) is 3.37. The van der Waals surface area contributed by atoms with Gasteiger partial charge in [0.05, 0.1) is 11.3 Å². The van der Waals surface area contributed by atoms with E-state index in [1.807, 2.05) is 83.8 Å². The van der Waals surface area contributed by atoms with Crippen molar-refractivity contribution >= 4 is 28.9 Å². The van der Waals surface area contributed by atoms with Crippen molar-refractivity contribution in [1.29, 1.82) is 0 Å². The summed E-state index contributed by atoms with van der Waals surface area (Å²) in [7, 11) is 3.57. The van der Waals surface area contributed by atoms with Crippen LogP contribution >= 0.6 is 0 Å². The smallest absolute Gasteiger partial charge is 0.255 e. The molecule has 6 heteroatoms. The average molecular weight is 519 g/mol. The summed E-state index contributed by atoms with van der Waals surface area (Å²) in [6, 6.07) is 36.1. The van der Waals surface area contributed by atoms with Gasteiger partial charge < -0.3 is 19.6 Å². The first-order valence-electron chi connectivity index (χ1n) is 13.3. The number of hydrogen-bond acceptors (Lipinski definition) is 4. The van der Waals surface area contributed by atoms with Gasteiger partial charge in [-0.3, -0.25) is 9.59 Å². The van der Waals surface area contributed by atoms with Crippen LogP contribution in [0.25, 0.3) is 0 Å². The summed E-state index contributed by atoms with van der Waals surface area (Å²) in [5.74, 6) is 0.0322. The Kier molecular flexibility index (Phi) is 7.92. The summed E-state index contributed by atoms with van der Waals surface area (Å²) in [5.41, 5.74) is 5.46. The summed E-state index contributed by atoms with van der Waals surface area (Å²) < 4.78 is 0. The number of carbonyl (C=O) groups excluding carboxylic acids is 2. The second-order valence-electron chi connectivity index (χ2n) is 9.95. The molecule has 1 heterocycles. The van der Waals surface area contributed by atoms with Crippen LogP contribution in [0.1, 0.15) is 26.3 Å². The third kappa shape index (κ3) is 5.96. The molecule has 4 aromatic carbocycles. The predicted molar refractivity (Wildman–Crippen MR) is 158 cm³/mol. The number of nitrogens with zero attached hydrogens (tertiary/aromatic N) is 4. The Morgan fingerprint density at radius 3 is 1.92 bits per heavy atom. The van der Waals surface area contributed by atoms with Crippen molar-refractivity contribution in [3.05, 3.63) is 126 Å². The van der Waals surface area contributed by atoms with E-state index < -0.39 is 0 Å². The summed E-state index contributed by atoms with van der Waals surface area (Å²) in [6.07, 6.45) is 0. The molecule has 39 heavy (non-hydrogen) atoms. The molecule has 5 rings (SSSR count). The monoisotopic (exact) mass is 518 g/mol. The Balaban J connectivity index is 1.46. The molecule has 6 nitrogen and oxygen atoms in total. The quantitative estimate of drug-likeness (QED) is 0.315. The molecule has 1 aliphatic heterocycles. The summed E-state index contributed by atoms with van der Waals surface area (Å²) in [4.78, 5) is 34.3. The standard InChI is InChI=1S/C33H34N4O2/c1-34(2)33(39)30-19-18-29(35-20-22-36(23-21-35)32(38)27-14-8-4-9-15-27)24-31(30)37(28-16-10-5-11-17-28)25-26-12-6-3-7-13-26/h3-19,24H,20-23,25H2,1-2H3. The number of carbonyl (C=O) groups is 2. The first kappa shape index (κ1) is 26.0. The molecule has 0 spiro atoms. The van der Waals surface area contributed by atoms with E-state index in [9.17, 15) is 9.59 Å². The Bertz CT molecular complexity index is 1400. The Morgan fingerprint density at radius 1 is 0.718 bits per heavy atom. The molecule has 0 radical (unpaired) electrons. The van der Waals surface area contributed by atoms with Gasteiger partial charge in [-0.05, 0) is 48.0 Å². The lowest BCUT2D eigenvalue weighted by atomic mass is 10.1. The van der Waals surface area contributed by atoms with Crippen LogP contribution in [-0.4, -0.2) is 61.9 Å². The molecule has 0 aromatic heterocycles. The van der Waals surface area contributed by atoms with Crippen LogP contribution < -0.4 is 9.80 Å². The van der Waals surface area contributed by atoms with Gasteiger partial charge in [-0.1, -0.05) is 66.7 Å². The normalized spacial score (nSPS) is 13.2. The second-order valence-corrected chi connectivity index (χ2v) is 9.95. The summed E-state index contributed by atoms with van der Waals surface area (Å²) >= 11 is 0. The molecule has 1 fully saturated rings. The first-order chi connectivity index (χ1) is 19.0. The number of para-hydroxylation sites is 1. The Labute approximate surface area is 230 Å². The molecule has 1 saturated heterocycles. The highest BCUT2D eigenvalue weighted by molar-refractivity contribution is 6.01. The van der Waals surface area contributed by atoms with Crippen molar-refractivity contribution in [2.45, 2.75) is 6.54 Å². The van der Waals surface area contributed by atoms with Gasteiger partial charge in [0, 0.05) is 63.8 Å². The number of amides is 2. The van der Waals surface area contributed by atoms with E-state index in [1.165, 1.54) is 0 Å². The lowest BCUT2D eigenvalue weighted by Crippen LogP contribution is -2.48. The SMILES string of the molecule is CN(C)C(=O)c1ccc(N2CCN(C(=O)c3ccccc3)CC2)cc1N(Cc1ccccc1)c1ccccc1. The van der Waals surface area contributed by atoms with Crippen LogP contribution in [0.2, 0.25) is 0 Å². The molecular weight excluding hydrogens is 484 g/mol. The van der Waals surface area contributed by atoms with Crippen LogP contribution in [0.15, 0.2) is 109 Å². The third-order valence-electron chi connectivity index (χ3n) is 7.11. The Hall–Kier alpha value is -4.58. The van der Waals surface area contributed by atoms with Crippen molar-refractivity contribution in [2.75, 3.05) is 50.1 Å². The van der Waals surface area contributed by atoms with Gasteiger partial charge in [0.2, 0.25) is 0 Å². The molecule has 0 unspecified atom stereocenters. The van der Waals surface area contributed by atoms with Gasteiger partial charge in [0.15, 0.2) is 0 Å². The van der Waals surface area contributed by atoms with Gasteiger partial charge >= 0.3 is 0 Å². The van der Waals surface area contributed by atoms with Gasteiger partial charge in [0.25, 0.3) is 11.8 Å². The maximum absolute atomic E-state index is 13.3. The van der Waals surface area contributed by atoms with Crippen molar-refractivity contribution in [3.8, 4) is 0 Å². The average Bonchev–Trinajstić information content (AvgIpc) is 3.00. The molecule has 0 aliphatic carbocycles. The van der Waals surface area contributed by atoms with E-state index in [0.29, 0.717) is 25.2 Å². The topological polar surface area (TPSA) is 47.1 Å². The van der Waals surface area contributed by atoms with Gasteiger partial charge in [0.1, 0.15) is 0 Å². The van der Waals surface area contributed by atoms with Gasteiger partial charge in [-0.25, -0.2) is 0 Å². The van der Waals surface area contributed by atoms with Crippen LogP contribution in [0.4, 0.5) is 17.1 Å². The van der Waals surface area contributed by atoms with E-state index in [2.05, 4.69) is 40.1 Å². The fourth-order valence-corrected chi connectivity index (χ4v) is 4.98. The highest BCUT2D eigenvalue weighted by Crippen LogP contribution is 2.35. The molecule has 4 aromatic rings. The maximum Gasteiger partial charge on any atom is 0.255 e. The highest BCUT2D eigenvalue weighted by Gasteiger charge is 2.25. The zero-order valence-corrected chi connectivity index (χ0v) is 22.5. The van der Waals surface area contributed by atoms with E-state index >= 15 is 0 Å². The molecular formula is C33H34N4O2. The molecule has 2 amide bonds.